The van der Waals surface area contributed by atoms with Gasteiger partial charge in [0, 0.05) is 24.4 Å². The lowest BCUT2D eigenvalue weighted by Crippen LogP contribution is -2.22. The lowest BCUT2D eigenvalue weighted by atomic mass is 10.1. The van der Waals surface area contributed by atoms with E-state index in [1.807, 2.05) is 30.3 Å². The number of halogens is 1. The highest BCUT2D eigenvalue weighted by Gasteiger charge is 2.00. The molecule has 0 bridgehead atoms. The van der Waals surface area contributed by atoms with Crippen LogP contribution in [0.3, 0.4) is 0 Å². The largest absolute Gasteiger partial charge is 0.352 e. The fraction of sp³-hybridized carbons (Fsp3) is 0.353. The van der Waals surface area contributed by atoms with Gasteiger partial charge in [-0.05, 0) is 49.6 Å². The van der Waals surface area contributed by atoms with Crippen molar-refractivity contribution in [1.29, 1.82) is 0 Å². The molecule has 1 aromatic carbocycles. The third-order valence-corrected chi connectivity index (χ3v) is 3.07. The molecule has 21 heavy (non-hydrogen) atoms. The van der Waals surface area contributed by atoms with Gasteiger partial charge in [0.2, 0.25) is 5.91 Å². The van der Waals surface area contributed by atoms with Crippen molar-refractivity contribution in [2.75, 3.05) is 6.54 Å². The molecule has 0 aliphatic heterocycles. The molecule has 0 fully saturated rings. The minimum Gasteiger partial charge on any atom is -0.352 e. The Labute approximate surface area is 130 Å². The van der Waals surface area contributed by atoms with Crippen LogP contribution in [0.25, 0.3) is 6.08 Å². The second-order valence-corrected chi connectivity index (χ2v) is 5.22. The highest BCUT2D eigenvalue weighted by molar-refractivity contribution is 6.30. The Hall–Kier alpha value is -1.83. The number of ketones is 1. The zero-order valence-corrected chi connectivity index (χ0v) is 13.0. The molecule has 0 aliphatic rings. The van der Waals surface area contributed by atoms with Crippen LogP contribution in [0.4, 0.5) is 0 Å². The minimum absolute atomic E-state index is 0.00287. The maximum absolute atomic E-state index is 11.5. The molecule has 0 radical (unpaired) electrons. The number of Topliss-reactive ketones (excluding diaryl/α,β-unsaturated/α-hetero) is 1. The van der Waals surface area contributed by atoms with E-state index < -0.39 is 0 Å². The second kappa shape index (κ2) is 9.98. The number of rotatable bonds is 8. The van der Waals surface area contributed by atoms with Crippen LogP contribution in [0.1, 0.15) is 38.2 Å². The van der Waals surface area contributed by atoms with Gasteiger partial charge in [-0.2, -0.15) is 0 Å². The van der Waals surface area contributed by atoms with Gasteiger partial charge in [-0.3, -0.25) is 4.79 Å². The quantitative estimate of drug-likeness (QED) is 0.587. The van der Waals surface area contributed by atoms with E-state index in [1.165, 1.54) is 0 Å². The van der Waals surface area contributed by atoms with E-state index in [0.717, 1.165) is 18.4 Å². The van der Waals surface area contributed by atoms with Gasteiger partial charge in [-0.1, -0.05) is 23.7 Å². The molecule has 0 aromatic heterocycles. The zero-order chi connectivity index (χ0) is 15.5. The van der Waals surface area contributed by atoms with Crippen LogP contribution >= 0.6 is 11.6 Å². The van der Waals surface area contributed by atoms with Gasteiger partial charge in [0.1, 0.15) is 5.78 Å². The van der Waals surface area contributed by atoms with E-state index in [9.17, 15) is 9.59 Å². The summed E-state index contributed by atoms with van der Waals surface area (Å²) >= 11 is 5.79. The highest BCUT2D eigenvalue weighted by atomic mass is 35.5. The molecule has 0 aliphatic carbocycles. The van der Waals surface area contributed by atoms with Crippen molar-refractivity contribution in [3.8, 4) is 0 Å². The lowest BCUT2D eigenvalue weighted by molar-refractivity contribution is -0.121. The zero-order valence-electron chi connectivity index (χ0n) is 12.2. The van der Waals surface area contributed by atoms with Crippen molar-refractivity contribution in [3.05, 3.63) is 46.7 Å². The summed E-state index contributed by atoms with van der Waals surface area (Å²) in [6.07, 6.45) is 6.13. The summed E-state index contributed by atoms with van der Waals surface area (Å²) in [5, 5.41) is 3.49. The number of hydrogen-bond donors (Lipinski definition) is 1. The van der Waals surface area contributed by atoms with Crippen molar-refractivity contribution in [2.45, 2.75) is 32.6 Å². The molecule has 1 rings (SSSR count). The summed E-state index contributed by atoms with van der Waals surface area (Å²) < 4.78 is 0. The predicted octanol–water partition coefficient (Wildman–Crippen LogP) is 3.77. The van der Waals surface area contributed by atoms with E-state index in [2.05, 4.69) is 11.0 Å². The SMILES string of the molecule is CC(=O)CCCCC(=O)NCC=C=Cc1ccc(Cl)cc1. The summed E-state index contributed by atoms with van der Waals surface area (Å²) in [5.41, 5.74) is 4.01. The summed E-state index contributed by atoms with van der Waals surface area (Å²) in [6.45, 7) is 2.02. The van der Waals surface area contributed by atoms with Crippen LogP contribution in [0, 0.1) is 0 Å². The maximum Gasteiger partial charge on any atom is 0.220 e. The summed E-state index contributed by atoms with van der Waals surface area (Å²) in [4.78, 5) is 22.2. The van der Waals surface area contributed by atoms with Crippen molar-refractivity contribution in [3.63, 3.8) is 0 Å². The number of carbonyl (C=O) groups is 2. The highest BCUT2D eigenvalue weighted by Crippen LogP contribution is 2.09. The Bertz CT molecular complexity index is 528. The Morgan fingerprint density at radius 3 is 2.52 bits per heavy atom. The normalized spacial score (nSPS) is 9.62. The van der Waals surface area contributed by atoms with Gasteiger partial charge >= 0.3 is 0 Å². The molecule has 1 aromatic rings. The molecule has 112 valence electrons. The molecule has 0 saturated heterocycles. The van der Waals surface area contributed by atoms with Gasteiger partial charge < -0.3 is 10.1 Å². The van der Waals surface area contributed by atoms with Gasteiger partial charge in [-0.15, -0.1) is 5.73 Å². The van der Waals surface area contributed by atoms with Gasteiger partial charge in [-0.25, -0.2) is 0 Å². The van der Waals surface area contributed by atoms with Crippen molar-refractivity contribution in [1.82, 2.24) is 5.32 Å². The molecule has 4 heteroatoms. The first-order chi connectivity index (χ1) is 10.1. The Kier molecular flexibility index (Phi) is 8.18. The van der Waals surface area contributed by atoms with Crippen LogP contribution in [0.15, 0.2) is 36.1 Å². The molecule has 1 N–H and O–H groups in total. The van der Waals surface area contributed by atoms with Gasteiger partial charge in [0.05, 0.1) is 0 Å². The fourth-order valence-electron chi connectivity index (χ4n) is 1.69. The van der Waals surface area contributed by atoms with Gasteiger partial charge in [0.25, 0.3) is 0 Å². The van der Waals surface area contributed by atoms with E-state index in [0.29, 0.717) is 24.4 Å². The van der Waals surface area contributed by atoms with Crippen LogP contribution in [0.2, 0.25) is 5.02 Å². The summed E-state index contributed by atoms with van der Waals surface area (Å²) in [5.74, 6) is 0.175. The van der Waals surface area contributed by atoms with E-state index >= 15 is 0 Å². The average molecular weight is 306 g/mol. The van der Waals surface area contributed by atoms with Crippen LogP contribution < -0.4 is 5.32 Å². The monoisotopic (exact) mass is 305 g/mol. The van der Waals surface area contributed by atoms with Crippen molar-refractivity contribution in [2.24, 2.45) is 0 Å². The maximum atomic E-state index is 11.5. The smallest absolute Gasteiger partial charge is 0.220 e. The Balaban J connectivity index is 2.20. The first kappa shape index (κ1) is 17.2. The number of carbonyl (C=O) groups excluding carboxylic acids is 2. The molecular formula is C17H20ClNO2. The number of unbranched alkanes of at least 4 members (excludes halogenated alkanes) is 1. The molecule has 0 unspecified atom stereocenters. The molecule has 0 heterocycles. The van der Waals surface area contributed by atoms with E-state index in [-0.39, 0.29) is 11.7 Å². The number of nitrogens with one attached hydrogen (secondary N) is 1. The van der Waals surface area contributed by atoms with E-state index in [1.54, 1.807) is 13.0 Å². The number of hydrogen-bond acceptors (Lipinski definition) is 2. The molecule has 0 saturated carbocycles. The molecule has 0 spiro atoms. The van der Waals surface area contributed by atoms with Gasteiger partial charge in [0.15, 0.2) is 0 Å². The Morgan fingerprint density at radius 1 is 1.19 bits per heavy atom. The minimum atomic E-state index is 0.00287. The number of benzene rings is 1. The second-order valence-electron chi connectivity index (χ2n) is 4.78. The van der Waals surface area contributed by atoms with Crippen LogP contribution in [-0.4, -0.2) is 18.2 Å². The molecule has 3 nitrogen and oxygen atoms in total. The summed E-state index contributed by atoms with van der Waals surface area (Å²) in [7, 11) is 0. The van der Waals surface area contributed by atoms with Crippen molar-refractivity contribution < 1.29 is 9.59 Å². The molecule has 1 amide bonds. The predicted molar refractivity (Wildman–Crippen MR) is 86.2 cm³/mol. The van der Waals surface area contributed by atoms with E-state index in [4.69, 9.17) is 11.6 Å². The summed E-state index contributed by atoms with van der Waals surface area (Å²) in [6, 6.07) is 7.43. The standard InChI is InChI=1S/C17H20ClNO2/c1-14(20)6-2-3-8-17(21)19-13-5-4-7-15-9-11-16(18)12-10-15/h5,7,9-12H,2-3,6,8,13H2,1H3,(H,19,21). The first-order valence-electron chi connectivity index (χ1n) is 7.00. The van der Waals surface area contributed by atoms with Crippen LogP contribution in [0.5, 0.6) is 0 Å². The first-order valence-corrected chi connectivity index (χ1v) is 7.38. The number of amides is 1. The third kappa shape index (κ3) is 8.85. The average Bonchev–Trinajstić information content (AvgIpc) is 2.45. The fourth-order valence-corrected chi connectivity index (χ4v) is 1.81. The third-order valence-electron chi connectivity index (χ3n) is 2.82. The molecule has 0 atom stereocenters. The Morgan fingerprint density at radius 2 is 1.86 bits per heavy atom. The molecular weight excluding hydrogens is 286 g/mol. The van der Waals surface area contributed by atoms with Crippen molar-refractivity contribution >= 4 is 29.4 Å². The topological polar surface area (TPSA) is 46.2 Å². The lowest BCUT2D eigenvalue weighted by Gasteiger charge is -2.00. The van der Waals surface area contributed by atoms with Crippen LogP contribution in [-0.2, 0) is 9.59 Å².